The largest absolute Gasteiger partial charge is 0.397 e. The number of anilines is 2. The van der Waals surface area contributed by atoms with Gasteiger partial charge >= 0.3 is 0 Å². The van der Waals surface area contributed by atoms with Crippen LogP contribution in [0.15, 0.2) is 24.3 Å². The van der Waals surface area contributed by atoms with Crippen molar-refractivity contribution in [2.45, 2.75) is 13.0 Å². The average Bonchev–Trinajstić information content (AvgIpc) is 2.40. The lowest BCUT2D eigenvalue weighted by Crippen LogP contribution is -2.42. The summed E-state index contributed by atoms with van der Waals surface area (Å²) in [6.07, 6.45) is 0. The fourth-order valence-electron chi connectivity index (χ4n) is 1.53. The maximum absolute atomic E-state index is 12.0. The van der Waals surface area contributed by atoms with Gasteiger partial charge in [0.05, 0.1) is 42.6 Å². The smallest absolute Gasteiger partial charge is 0.241 e. The zero-order valence-corrected chi connectivity index (χ0v) is 10.6. The van der Waals surface area contributed by atoms with Gasteiger partial charge in [-0.2, -0.15) is 10.5 Å². The van der Waals surface area contributed by atoms with E-state index in [1.807, 2.05) is 12.1 Å². The Morgan fingerprint density at radius 2 is 1.95 bits per heavy atom. The van der Waals surface area contributed by atoms with Crippen LogP contribution >= 0.6 is 0 Å². The van der Waals surface area contributed by atoms with Crippen molar-refractivity contribution in [1.29, 1.82) is 10.5 Å². The van der Waals surface area contributed by atoms with Crippen LogP contribution in [0.25, 0.3) is 0 Å². The number of nitrogens with two attached hydrogens (primary N) is 1. The summed E-state index contributed by atoms with van der Waals surface area (Å²) in [6, 6.07) is 10.2. The van der Waals surface area contributed by atoms with Crippen LogP contribution in [0.4, 0.5) is 11.4 Å². The molecule has 1 aromatic carbocycles. The number of nitrogen functional groups attached to an aromatic ring is 1. The van der Waals surface area contributed by atoms with E-state index in [1.165, 1.54) is 4.90 Å². The summed E-state index contributed by atoms with van der Waals surface area (Å²) >= 11 is 0. The van der Waals surface area contributed by atoms with Gasteiger partial charge in [0, 0.05) is 0 Å². The molecule has 0 aromatic heterocycles. The quantitative estimate of drug-likeness (QED) is 0.603. The monoisotopic (exact) mass is 257 g/mol. The maximum atomic E-state index is 12.0. The molecule has 1 aromatic rings. The number of carbonyl (C=O) groups excluding carboxylic acids is 1. The zero-order chi connectivity index (χ0) is 14.3. The van der Waals surface area contributed by atoms with Crippen molar-refractivity contribution >= 4 is 17.3 Å². The van der Waals surface area contributed by atoms with Crippen LogP contribution < -0.4 is 11.1 Å². The first-order chi connectivity index (χ1) is 9.10. The first-order valence-electron chi connectivity index (χ1n) is 5.73. The molecule has 19 heavy (non-hydrogen) atoms. The lowest BCUT2D eigenvalue weighted by molar-refractivity contribution is -0.120. The Kier molecular flexibility index (Phi) is 5.34. The third-order valence-corrected chi connectivity index (χ3v) is 2.69. The standard InChI is InChI=1S/C13H15N5O/c1-10(18(8-6-14)9-7-15)13(19)17-12-5-3-2-4-11(12)16/h2-5,10H,8-9,16H2,1H3,(H,17,19). The molecule has 0 aliphatic carbocycles. The number of para-hydroxylation sites is 2. The third-order valence-electron chi connectivity index (χ3n) is 2.69. The molecule has 0 saturated heterocycles. The van der Waals surface area contributed by atoms with Crippen LogP contribution in [0.1, 0.15) is 6.92 Å². The van der Waals surface area contributed by atoms with Crippen molar-refractivity contribution in [2.24, 2.45) is 0 Å². The van der Waals surface area contributed by atoms with E-state index in [4.69, 9.17) is 16.3 Å². The minimum Gasteiger partial charge on any atom is -0.397 e. The lowest BCUT2D eigenvalue weighted by Gasteiger charge is -2.23. The van der Waals surface area contributed by atoms with Crippen LogP contribution in [0.3, 0.4) is 0 Å². The molecule has 3 N–H and O–H groups in total. The van der Waals surface area contributed by atoms with Crippen molar-refractivity contribution in [1.82, 2.24) is 4.90 Å². The van der Waals surface area contributed by atoms with Gasteiger partial charge in [-0.05, 0) is 19.1 Å². The molecule has 0 fully saturated rings. The Morgan fingerprint density at radius 1 is 1.37 bits per heavy atom. The molecule has 0 aliphatic heterocycles. The molecule has 1 unspecified atom stereocenters. The molecule has 0 spiro atoms. The minimum atomic E-state index is -0.584. The summed E-state index contributed by atoms with van der Waals surface area (Å²) < 4.78 is 0. The van der Waals surface area contributed by atoms with Crippen LogP contribution in [0.2, 0.25) is 0 Å². The molecule has 0 aliphatic rings. The number of hydrogen-bond acceptors (Lipinski definition) is 5. The second-order valence-electron chi connectivity index (χ2n) is 3.97. The van der Waals surface area contributed by atoms with E-state index in [-0.39, 0.29) is 19.0 Å². The number of nitriles is 2. The summed E-state index contributed by atoms with van der Waals surface area (Å²) in [5, 5.41) is 20.0. The number of carbonyl (C=O) groups is 1. The van der Waals surface area contributed by atoms with Crippen LogP contribution in [0, 0.1) is 22.7 Å². The number of amides is 1. The molecular weight excluding hydrogens is 242 g/mol. The fourth-order valence-corrected chi connectivity index (χ4v) is 1.53. The number of hydrogen-bond donors (Lipinski definition) is 2. The molecule has 0 bridgehead atoms. The summed E-state index contributed by atoms with van der Waals surface area (Å²) in [5.41, 5.74) is 6.72. The van der Waals surface area contributed by atoms with Gasteiger partial charge < -0.3 is 11.1 Å². The number of nitrogens with one attached hydrogen (secondary N) is 1. The van der Waals surface area contributed by atoms with Gasteiger partial charge in [-0.15, -0.1) is 0 Å². The summed E-state index contributed by atoms with van der Waals surface area (Å²) in [7, 11) is 0. The topological polar surface area (TPSA) is 106 Å². The molecule has 0 saturated carbocycles. The van der Waals surface area contributed by atoms with Crippen molar-refractivity contribution in [3.05, 3.63) is 24.3 Å². The van der Waals surface area contributed by atoms with Gasteiger partial charge in [-0.25, -0.2) is 0 Å². The zero-order valence-electron chi connectivity index (χ0n) is 10.6. The van der Waals surface area contributed by atoms with Crippen LogP contribution in [-0.4, -0.2) is 29.9 Å². The van der Waals surface area contributed by atoms with E-state index < -0.39 is 6.04 Å². The van der Waals surface area contributed by atoms with E-state index in [0.29, 0.717) is 11.4 Å². The molecular formula is C13H15N5O. The summed E-state index contributed by atoms with van der Waals surface area (Å²) in [4.78, 5) is 13.5. The molecule has 6 heteroatoms. The van der Waals surface area contributed by atoms with Crippen LogP contribution in [0.5, 0.6) is 0 Å². The maximum Gasteiger partial charge on any atom is 0.241 e. The Bertz CT molecular complexity index is 513. The molecule has 1 amide bonds. The van der Waals surface area contributed by atoms with E-state index in [1.54, 1.807) is 31.2 Å². The highest BCUT2D eigenvalue weighted by Gasteiger charge is 2.21. The SMILES string of the molecule is CC(C(=O)Nc1ccccc1N)N(CC#N)CC#N. The van der Waals surface area contributed by atoms with E-state index in [2.05, 4.69) is 5.32 Å². The number of nitrogens with zero attached hydrogens (tertiary/aromatic N) is 3. The molecule has 1 rings (SSSR count). The Balaban J connectivity index is 2.75. The van der Waals surface area contributed by atoms with Gasteiger partial charge in [-0.3, -0.25) is 9.69 Å². The fraction of sp³-hybridized carbons (Fsp3) is 0.308. The van der Waals surface area contributed by atoms with Crippen molar-refractivity contribution < 1.29 is 4.79 Å². The second kappa shape index (κ2) is 7.00. The molecule has 98 valence electrons. The van der Waals surface area contributed by atoms with E-state index in [9.17, 15) is 4.79 Å². The first-order valence-corrected chi connectivity index (χ1v) is 5.73. The summed E-state index contributed by atoms with van der Waals surface area (Å²) in [6.45, 7) is 1.68. The van der Waals surface area contributed by atoms with E-state index >= 15 is 0 Å². The minimum absolute atomic E-state index is 0.0203. The molecule has 0 radical (unpaired) electrons. The predicted octanol–water partition coefficient (Wildman–Crippen LogP) is 0.945. The highest BCUT2D eigenvalue weighted by Crippen LogP contribution is 2.17. The van der Waals surface area contributed by atoms with Crippen molar-refractivity contribution in [3.8, 4) is 12.1 Å². The Labute approximate surface area is 112 Å². The lowest BCUT2D eigenvalue weighted by atomic mass is 10.2. The first kappa shape index (κ1) is 14.5. The van der Waals surface area contributed by atoms with Crippen molar-refractivity contribution in [2.75, 3.05) is 24.1 Å². The second-order valence-corrected chi connectivity index (χ2v) is 3.97. The number of benzene rings is 1. The predicted molar refractivity (Wildman–Crippen MR) is 71.7 cm³/mol. The average molecular weight is 257 g/mol. The van der Waals surface area contributed by atoms with Gasteiger partial charge in [-0.1, -0.05) is 12.1 Å². The molecule has 0 heterocycles. The van der Waals surface area contributed by atoms with Gasteiger partial charge in [0.25, 0.3) is 0 Å². The molecule has 6 nitrogen and oxygen atoms in total. The van der Waals surface area contributed by atoms with Gasteiger partial charge in [0.2, 0.25) is 5.91 Å². The highest BCUT2D eigenvalue weighted by atomic mass is 16.2. The number of rotatable bonds is 5. The van der Waals surface area contributed by atoms with Crippen molar-refractivity contribution in [3.63, 3.8) is 0 Å². The highest BCUT2D eigenvalue weighted by molar-refractivity contribution is 5.97. The van der Waals surface area contributed by atoms with Crippen LogP contribution in [-0.2, 0) is 4.79 Å². The Hall–Kier alpha value is -2.57. The van der Waals surface area contributed by atoms with Gasteiger partial charge in [0.15, 0.2) is 0 Å². The van der Waals surface area contributed by atoms with Gasteiger partial charge in [0.1, 0.15) is 0 Å². The van der Waals surface area contributed by atoms with E-state index in [0.717, 1.165) is 0 Å². The normalized spacial score (nSPS) is 11.4. The molecule has 1 atom stereocenters. The summed E-state index contributed by atoms with van der Waals surface area (Å²) in [5.74, 6) is -0.302. The third kappa shape index (κ3) is 3.98. The Morgan fingerprint density at radius 3 is 2.47 bits per heavy atom.